The van der Waals surface area contributed by atoms with Crippen LogP contribution >= 0.6 is 34.9 Å². The average Bonchev–Trinajstić information content (AvgIpc) is 3.08. The van der Waals surface area contributed by atoms with Gasteiger partial charge in [-0.25, -0.2) is 4.79 Å². The van der Waals surface area contributed by atoms with Gasteiger partial charge in [-0.2, -0.15) is 16.8 Å². The summed E-state index contributed by atoms with van der Waals surface area (Å²) in [6.45, 7) is 7.10. The number of aromatic nitrogens is 1. The number of amides is 1. The minimum Gasteiger partial charge on any atom is -0.462 e. The van der Waals surface area contributed by atoms with E-state index in [1.807, 2.05) is 36.6 Å². The lowest BCUT2D eigenvalue weighted by Crippen LogP contribution is -2.18. The number of benzene rings is 2. The Labute approximate surface area is 194 Å². The number of aryl methyl sites for hydroxylation is 1. The maximum atomic E-state index is 13.0. The molecule has 0 aliphatic carbocycles. The summed E-state index contributed by atoms with van der Waals surface area (Å²) in [4.78, 5) is 31.2. The van der Waals surface area contributed by atoms with Crippen molar-refractivity contribution in [1.29, 1.82) is 0 Å². The fraction of sp³-hybridized carbons (Fsp3) is 0.348. The normalized spacial score (nSPS) is 12.0. The smallest absolute Gasteiger partial charge is 0.338 e. The van der Waals surface area contributed by atoms with Gasteiger partial charge in [-0.1, -0.05) is 31.3 Å². The van der Waals surface area contributed by atoms with Gasteiger partial charge in [0.15, 0.2) is 4.80 Å². The second kappa shape index (κ2) is 11.0. The molecule has 8 heteroatoms. The van der Waals surface area contributed by atoms with Crippen molar-refractivity contribution in [3.63, 3.8) is 0 Å². The number of carbonyl (C=O) groups excluding carboxylic acids is 2. The Morgan fingerprint density at radius 1 is 1.16 bits per heavy atom. The van der Waals surface area contributed by atoms with Crippen molar-refractivity contribution in [2.75, 3.05) is 18.6 Å². The van der Waals surface area contributed by atoms with Gasteiger partial charge in [-0.15, -0.1) is 11.8 Å². The summed E-state index contributed by atoms with van der Waals surface area (Å²) in [7, 11) is 0. The quantitative estimate of drug-likeness (QED) is 0.319. The minimum absolute atomic E-state index is 0.263. The van der Waals surface area contributed by atoms with Gasteiger partial charge in [-0.3, -0.25) is 4.79 Å². The Balaban J connectivity index is 2.03. The highest BCUT2D eigenvalue weighted by Gasteiger charge is 2.13. The summed E-state index contributed by atoms with van der Waals surface area (Å²) in [5.41, 5.74) is 2.04. The SMILES string of the molecule is CCOC(=O)c1ccc2c(c1)sc(=NC(=O)c1cccc(SC(C)C)c1)n2CCSC. The van der Waals surface area contributed by atoms with Crippen molar-refractivity contribution >= 4 is 57.0 Å². The molecule has 5 nitrogen and oxygen atoms in total. The van der Waals surface area contributed by atoms with E-state index in [2.05, 4.69) is 23.4 Å². The van der Waals surface area contributed by atoms with Crippen LogP contribution < -0.4 is 4.80 Å². The summed E-state index contributed by atoms with van der Waals surface area (Å²) in [6, 6.07) is 13.1. The molecule has 3 rings (SSSR count). The molecule has 0 saturated heterocycles. The fourth-order valence-electron chi connectivity index (χ4n) is 3.02. The van der Waals surface area contributed by atoms with Gasteiger partial charge >= 0.3 is 5.97 Å². The fourth-order valence-corrected chi connectivity index (χ4v) is 5.38. The molecule has 0 radical (unpaired) electrons. The van der Waals surface area contributed by atoms with Crippen molar-refractivity contribution in [2.24, 2.45) is 4.99 Å². The van der Waals surface area contributed by atoms with Gasteiger partial charge in [0, 0.05) is 28.0 Å². The number of thiazole rings is 1. The van der Waals surface area contributed by atoms with Crippen LogP contribution in [-0.2, 0) is 11.3 Å². The maximum Gasteiger partial charge on any atom is 0.338 e. The number of rotatable bonds is 8. The second-order valence-electron chi connectivity index (χ2n) is 7.04. The molecule has 0 N–H and O–H groups in total. The zero-order valence-electron chi connectivity index (χ0n) is 18.1. The van der Waals surface area contributed by atoms with Crippen LogP contribution in [-0.4, -0.2) is 40.3 Å². The lowest BCUT2D eigenvalue weighted by Gasteiger charge is -2.06. The van der Waals surface area contributed by atoms with Gasteiger partial charge < -0.3 is 9.30 Å². The largest absolute Gasteiger partial charge is 0.462 e. The Bertz CT molecular complexity index is 1150. The topological polar surface area (TPSA) is 60.7 Å². The lowest BCUT2D eigenvalue weighted by molar-refractivity contribution is 0.0526. The van der Waals surface area contributed by atoms with Crippen LogP contribution in [0, 0.1) is 0 Å². The predicted octanol–water partition coefficient (Wildman–Crippen LogP) is 5.48. The predicted molar refractivity (Wildman–Crippen MR) is 131 cm³/mol. The molecule has 0 saturated carbocycles. The van der Waals surface area contributed by atoms with E-state index in [0.29, 0.717) is 27.8 Å². The third-order valence-corrected chi connectivity index (χ3v) is 6.99. The highest BCUT2D eigenvalue weighted by atomic mass is 32.2. The Hall–Kier alpha value is -2.03. The van der Waals surface area contributed by atoms with E-state index in [4.69, 9.17) is 4.74 Å². The summed E-state index contributed by atoms with van der Waals surface area (Å²) >= 11 is 4.87. The summed E-state index contributed by atoms with van der Waals surface area (Å²) in [5, 5.41) is 0.437. The standard InChI is InChI=1S/C23H26N2O3S3/c1-5-28-22(27)17-9-10-19-20(14-17)31-23(25(19)11-12-29-4)24-21(26)16-7-6-8-18(13-16)30-15(2)3/h6-10,13-15H,5,11-12H2,1-4H3. The molecule has 1 amide bonds. The molecule has 0 aliphatic heterocycles. The zero-order valence-corrected chi connectivity index (χ0v) is 20.5. The molecule has 0 unspecified atom stereocenters. The number of hydrogen-bond acceptors (Lipinski definition) is 6. The van der Waals surface area contributed by atoms with Gasteiger partial charge in [0.25, 0.3) is 5.91 Å². The van der Waals surface area contributed by atoms with Crippen LogP contribution in [0.4, 0.5) is 0 Å². The second-order valence-corrected chi connectivity index (χ2v) is 10.7. The number of carbonyl (C=O) groups is 2. The number of fused-ring (bicyclic) bond motifs is 1. The Morgan fingerprint density at radius 2 is 1.97 bits per heavy atom. The van der Waals surface area contributed by atoms with Crippen LogP contribution in [0.25, 0.3) is 10.2 Å². The third kappa shape index (κ3) is 6.02. The van der Waals surface area contributed by atoms with Crippen LogP contribution in [0.1, 0.15) is 41.5 Å². The molecule has 0 bridgehead atoms. The van der Waals surface area contributed by atoms with E-state index >= 15 is 0 Å². The van der Waals surface area contributed by atoms with Crippen molar-refractivity contribution < 1.29 is 14.3 Å². The first-order valence-corrected chi connectivity index (χ1v) is 13.2. The average molecular weight is 475 g/mol. The molecule has 0 atom stereocenters. The number of esters is 1. The Morgan fingerprint density at radius 3 is 2.68 bits per heavy atom. The first kappa shape index (κ1) is 23.6. The highest BCUT2D eigenvalue weighted by Crippen LogP contribution is 2.24. The van der Waals surface area contributed by atoms with E-state index in [9.17, 15) is 9.59 Å². The van der Waals surface area contributed by atoms with Crippen molar-refractivity contribution in [3.8, 4) is 0 Å². The summed E-state index contributed by atoms with van der Waals surface area (Å²) in [5.74, 6) is 0.289. The van der Waals surface area contributed by atoms with Crippen LogP contribution in [0.5, 0.6) is 0 Å². The van der Waals surface area contributed by atoms with Crippen molar-refractivity contribution in [1.82, 2.24) is 4.57 Å². The number of ether oxygens (including phenoxy) is 1. The van der Waals surface area contributed by atoms with Gasteiger partial charge in [0.2, 0.25) is 0 Å². The molecular weight excluding hydrogens is 448 g/mol. The maximum absolute atomic E-state index is 13.0. The van der Waals surface area contributed by atoms with Crippen molar-refractivity contribution in [3.05, 3.63) is 58.4 Å². The first-order valence-electron chi connectivity index (χ1n) is 10.1. The molecule has 0 spiro atoms. The molecule has 164 valence electrons. The van der Waals surface area contributed by atoms with E-state index < -0.39 is 0 Å². The molecule has 1 aromatic heterocycles. The van der Waals surface area contributed by atoms with E-state index in [1.165, 1.54) is 11.3 Å². The van der Waals surface area contributed by atoms with E-state index in [0.717, 1.165) is 27.4 Å². The number of thioether (sulfide) groups is 2. The number of nitrogens with zero attached hydrogens (tertiary/aromatic N) is 2. The molecule has 1 heterocycles. The third-order valence-electron chi connectivity index (χ3n) is 4.36. The first-order chi connectivity index (χ1) is 14.9. The zero-order chi connectivity index (χ0) is 22.4. The molecular formula is C23H26N2O3S3. The van der Waals surface area contributed by atoms with Crippen LogP contribution in [0.2, 0.25) is 0 Å². The summed E-state index contributed by atoms with van der Waals surface area (Å²) < 4.78 is 8.07. The minimum atomic E-state index is -0.345. The van der Waals surface area contributed by atoms with Crippen molar-refractivity contribution in [2.45, 2.75) is 37.5 Å². The molecule has 0 fully saturated rings. The Kier molecular flexibility index (Phi) is 8.40. The van der Waals surface area contributed by atoms with Gasteiger partial charge in [-0.05, 0) is 49.6 Å². The molecule has 31 heavy (non-hydrogen) atoms. The van der Waals surface area contributed by atoms with Gasteiger partial charge in [0.1, 0.15) is 0 Å². The highest BCUT2D eigenvalue weighted by molar-refractivity contribution is 8.00. The monoisotopic (exact) mass is 474 g/mol. The van der Waals surface area contributed by atoms with E-state index in [1.54, 1.807) is 42.6 Å². The molecule has 2 aromatic carbocycles. The lowest BCUT2D eigenvalue weighted by atomic mass is 10.2. The molecule has 3 aromatic rings. The van der Waals surface area contributed by atoms with Crippen LogP contribution in [0.3, 0.4) is 0 Å². The van der Waals surface area contributed by atoms with E-state index in [-0.39, 0.29) is 11.9 Å². The summed E-state index contributed by atoms with van der Waals surface area (Å²) in [6.07, 6.45) is 2.05. The number of hydrogen-bond donors (Lipinski definition) is 0. The molecule has 0 aliphatic rings. The van der Waals surface area contributed by atoms with Crippen LogP contribution in [0.15, 0.2) is 52.4 Å². The van der Waals surface area contributed by atoms with Gasteiger partial charge in [0.05, 0.1) is 22.4 Å².